The summed E-state index contributed by atoms with van der Waals surface area (Å²) < 4.78 is 1.28. The molecule has 4 rings (SSSR count). The van der Waals surface area contributed by atoms with Gasteiger partial charge in [0.1, 0.15) is 0 Å². The molecule has 0 fully saturated rings. The summed E-state index contributed by atoms with van der Waals surface area (Å²) in [5, 5.41) is 34.6. The lowest BCUT2D eigenvalue weighted by Crippen LogP contribution is -2.46. The third kappa shape index (κ3) is 3.71. The van der Waals surface area contributed by atoms with Crippen molar-refractivity contribution >= 4 is 17.6 Å². The Balaban J connectivity index is 1.83. The minimum absolute atomic E-state index is 0.000157. The number of benzene rings is 2. The number of aromatic nitrogens is 2. The van der Waals surface area contributed by atoms with E-state index < -0.39 is 22.8 Å². The molecule has 0 bridgehead atoms. The van der Waals surface area contributed by atoms with Crippen molar-refractivity contribution in [3.05, 3.63) is 86.7 Å². The van der Waals surface area contributed by atoms with Crippen LogP contribution < -0.4 is 0 Å². The summed E-state index contributed by atoms with van der Waals surface area (Å²) in [7, 11) is 0. The molecule has 10 heteroatoms. The van der Waals surface area contributed by atoms with Crippen LogP contribution in [0.4, 0.5) is 5.69 Å². The van der Waals surface area contributed by atoms with Gasteiger partial charge in [-0.15, -0.1) is 0 Å². The summed E-state index contributed by atoms with van der Waals surface area (Å²) in [5.41, 5.74) is 2.15. The minimum atomic E-state index is -1.23. The molecule has 0 saturated carbocycles. The van der Waals surface area contributed by atoms with Crippen molar-refractivity contribution in [1.29, 1.82) is 0 Å². The quantitative estimate of drug-likeness (QED) is 0.462. The van der Waals surface area contributed by atoms with Gasteiger partial charge < -0.3 is 15.1 Å². The molecule has 0 aliphatic carbocycles. The summed E-state index contributed by atoms with van der Waals surface area (Å²) in [6.45, 7) is 1.60. The fourth-order valence-electron chi connectivity index (χ4n) is 3.96. The maximum Gasteiger partial charge on any atom is 0.356 e. The van der Waals surface area contributed by atoms with Crippen LogP contribution in [-0.4, -0.2) is 54.3 Å². The van der Waals surface area contributed by atoms with Crippen molar-refractivity contribution in [2.24, 2.45) is 0 Å². The molecule has 0 saturated heterocycles. The number of carbonyl (C=O) groups is 2. The van der Waals surface area contributed by atoms with Crippen LogP contribution in [0.2, 0.25) is 0 Å². The highest BCUT2D eigenvalue weighted by Gasteiger charge is 2.32. The van der Waals surface area contributed by atoms with E-state index in [1.807, 2.05) is 24.3 Å². The zero-order valence-electron chi connectivity index (χ0n) is 17.1. The molecule has 2 N–H and O–H groups in total. The minimum Gasteiger partial charge on any atom is -0.476 e. The lowest BCUT2D eigenvalue weighted by atomic mass is 9.93. The van der Waals surface area contributed by atoms with Gasteiger partial charge in [0.25, 0.3) is 11.6 Å². The van der Waals surface area contributed by atoms with Gasteiger partial charge in [-0.05, 0) is 36.6 Å². The number of aryl methyl sites for hydroxylation is 1. The predicted molar refractivity (Wildman–Crippen MR) is 113 cm³/mol. The monoisotopic (exact) mass is 436 g/mol. The third-order valence-corrected chi connectivity index (χ3v) is 5.58. The van der Waals surface area contributed by atoms with Gasteiger partial charge >= 0.3 is 5.97 Å². The number of nitro groups is 1. The Morgan fingerprint density at radius 3 is 2.53 bits per heavy atom. The Kier molecular flexibility index (Phi) is 5.45. The molecule has 3 aromatic rings. The van der Waals surface area contributed by atoms with Crippen molar-refractivity contribution in [2.75, 3.05) is 6.61 Å². The maximum absolute atomic E-state index is 13.6. The molecule has 1 aliphatic rings. The molecule has 32 heavy (non-hydrogen) atoms. The highest BCUT2D eigenvalue weighted by molar-refractivity contribution is 5.99. The molecular weight excluding hydrogens is 416 g/mol. The summed E-state index contributed by atoms with van der Waals surface area (Å²) in [4.78, 5) is 37.2. The van der Waals surface area contributed by atoms with Gasteiger partial charge in [-0.3, -0.25) is 14.9 Å². The second kappa shape index (κ2) is 8.23. The van der Waals surface area contributed by atoms with E-state index in [-0.39, 0.29) is 35.8 Å². The highest BCUT2D eigenvalue weighted by Crippen LogP contribution is 2.29. The molecule has 0 spiro atoms. The molecule has 2 heterocycles. The number of aliphatic hydroxyl groups excluding tert-OH is 1. The summed E-state index contributed by atoms with van der Waals surface area (Å²) in [6.07, 6.45) is 0.451. The van der Waals surface area contributed by atoms with Gasteiger partial charge in [-0.2, -0.15) is 5.10 Å². The standard InChI is InChI=1S/C22H20N4O6/c1-13-8-19(22(29)30)23-25(13)20-7-6-16(26(31)32)10-18(20)21(28)24-11-15-5-3-2-4-14(15)9-17(24)12-27/h2-8,10,17,27H,9,11-12H2,1H3,(H,29,30). The number of aromatic carboxylic acids is 1. The van der Waals surface area contributed by atoms with Crippen LogP contribution in [0, 0.1) is 17.0 Å². The van der Waals surface area contributed by atoms with E-state index in [1.54, 1.807) is 6.92 Å². The molecule has 1 atom stereocenters. The number of carbonyl (C=O) groups excluding carboxylic acids is 1. The molecule has 1 aromatic heterocycles. The lowest BCUT2D eigenvalue weighted by molar-refractivity contribution is -0.384. The fourth-order valence-corrected chi connectivity index (χ4v) is 3.96. The van der Waals surface area contributed by atoms with E-state index in [0.717, 1.165) is 17.2 Å². The number of hydrogen-bond donors (Lipinski definition) is 2. The highest BCUT2D eigenvalue weighted by atomic mass is 16.6. The Morgan fingerprint density at radius 1 is 1.19 bits per heavy atom. The van der Waals surface area contributed by atoms with Crippen molar-refractivity contribution in [3.8, 4) is 5.69 Å². The van der Waals surface area contributed by atoms with Crippen LogP contribution in [0.15, 0.2) is 48.5 Å². The van der Waals surface area contributed by atoms with E-state index in [2.05, 4.69) is 5.10 Å². The second-order valence-electron chi connectivity index (χ2n) is 7.59. The van der Waals surface area contributed by atoms with Gasteiger partial charge in [0.2, 0.25) is 0 Å². The van der Waals surface area contributed by atoms with E-state index in [9.17, 15) is 29.9 Å². The number of non-ortho nitro benzene ring substituents is 1. The Morgan fingerprint density at radius 2 is 1.91 bits per heavy atom. The molecule has 10 nitrogen and oxygen atoms in total. The van der Waals surface area contributed by atoms with Gasteiger partial charge in [-0.1, -0.05) is 24.3 Å². The molecule has 164 valence electrons. The molecule has 1 aliphatic heterocycles. The number of carboxylic acid groups (broad SMARTS) is 1. The van der Waals surface area contributed by atoms with Gasteiger partial charge in [0.05, 0.1) is 28.8 Å². The largest absolute Gasteiger partial charge is 0.476 e. The van der Waals surface area contributed by atoms with Crippen LogP contribution in [0.5, 0.6) is 0 Å². The van der Waals surface area contributed by atoms with E-state index in [1.165, 1.54) is 27.8 Å². The average molecular weight is 436 g/mol. The van der Waals surface area contributed by atoms with Gasteiger partial charge in [0.15, 0.2) is 5.69 Å². The topological polar surface area (TPSA) is 139 Å². The SMILES string of the molecule is Cc1cc(C(=O)O)nn1-c1ccc([N+](=O)[O-])cc1C(=O)N1Cc2ccccc2CC1CO. The molecular formula is C22H20N4O6. The average Bonchev–Trinajstić information content (AvgIpc) is 3.19. The van der Waals surface area contributed by atoms with Crippen LogP contribution in [0.3, 0.4) is 0 Å². The van der Waals surface area contributed by atoms with Gasteiger partial charge in [-0.25, -0.2) is 9.48 Å². The van der Waals surface area contributed by atoms with Crippen molar-refractivity contribution in [3.63, 3.8) is 0 Å². The number of nitro benzene ring substituents is 1. The summed E-state index contributed by atoms with van der Waals surface area (Å²) in [5.74, 6) is -1.74. The molecule has 0 radical (unpaired) electrons. The van der Waals surface area contributed by atoms with Crippen LogP contribution in [-0.2, 0) is 13.0 Å². The Labute approximate surface area is 182 Å². The van der Waals surface area contributed by atoms with Crippen molar-refractivity contribution < 1.29 is 24.7 Å². The number of rotatable bonds is 5. The predicted octanol–water partition coefficient (Wildman–Crippen LogP) is 2.35. The number of amides is 1. The van der Waals surface area contributed by atoms with E-state index in [4.69, 9.17) is 0 Å². The Hall–Kier alpha value is -4.05. The van der Waals surface area contributed by atoms with Crippen molar-refractivity contribution in [1.82, 2.24) is 14.7 Å². The zero-order chi connectivity index (χ0) is 23.0. The van der Waals surface area contributed by atoms with Crippen LogP contribution in [0.25, 0.3) is 5.69 Å². The lowest BCUT2D eigenvalue weighted by Gasteiger charge is -2.36. The smallest absolute Gasteiger partial charge is 0.356 e. The van der Waals surface area contributed by atoms with Crippen LogP contribution >= 0.6 is 0 Å². The normalized spacial score (nSPS) is 15.3. The first-order chi connectivity index (χ1) is 15.3. The summed E-state index contributed by atoms with van der Waals surface area (Å²) >= 11 is 0. The zero-order valence-corrected chi connectivity index (χ0v) is 17.1. The third-order valence-electron chi connectivity index (χ3n) is 5.58. The molecule has 1 amide bonds. The van der Waals surface area contributed by atoms with Crippen LogP contribution in [0.1, 0.15) is 37.7 Å². The maximum atomic E-state index is 13.6. The number of carboxylic acids is 1. The number of nitrogens with zero attached hydrogens (tertiary/aromatic N) is 4. The number of fused-ring (bicyclic) bond motifs is 1. The summed E-state index contributed by atoms with van der Waals surface area (Å²) in [6, 6.07) is 12.2. The fraction of sp³-hybridized carbons (Fsp3) is 0.227. The van der Waals surface area contributed by atoms with E-state index in [0.29, 0.717) is 12.1 Å². The first-order valence-corrected chi connectivity index (χ1v) is 9.87. The molecule has 1 unspecified atom stereocenters. The van der Waals surface area contributed by atoms with Crippen molar-refractivity contribution in [2.45, 2.75) is 25.9 Å². The first-order valence-electron chi connectivity index (χ1n) is 9.87. The number of hydrogen-bond acceptors (Lipinski definition) is 6. The Bertz CT molecular complexity index is 1230. The second-order valence-corrected chi connectivity index (χ2v) is 7.59. The van der Waals surface area contributed by atoms with Gasteiger partial charge in [0, 0.05) is 24.4 Å². The molecule has 2 aromatic carbocycles. The van der Waals surface area contributed by atoms with E-state index >= 15 is 0 Å². The number of aliphatic hydroxyl groups is 1. The first kappa shape index (κ1) is 21.2.